The molecule has 2 atom stereocenters. The van der Waals surface area contributed by atoms with Gasteiger partial charge in [-0.1, -0.05) is 20.8 Å². The molecule has 1 aliphatic rings. The van der Waals surface area contributed by atoms with Gasteiger partial charge in [0, 0.05) is 31.8 Å². The van der Waals surface area contributed by atoms with E-state index in [4.69, 9.17) is 0 Å². The standard InChI is InChI=1S/C18H27N3O2/c1-12-8-14(11-18(2,3)10-12)16(22)20-15-9-13(6-7-19-15)17(23)21(4)5/h6-7,9,12,14H,8,10-11H2,1-5H3,(H,19,20,22). The van der Waals surface area contributed by atoms with Crippen molar-refractivity contribution >= 4 is 17.6 Å². The van der Waals surface area contributed by atoms with Crippen molar-refractivity contribution in [2.24, 2.45) is 17.3 Å². The van der Waals surface area contributed by atoms with Crippen LogP contribution in [0.1, 0.15) is 50.4 Å². The minimum absolute atomic E-state index is 0.00348. The summed E-state index contributed by atoms with van der Waals surface area (Å²) < 4.78 is 0. The summed E-state index contributed by atoms with van der Waals surface area (Å²) in [6.07, 6.45) is 4.51. The average molecular weight is 317 g/mol. The van der Waals surface area contributed by atoms with Crippen LogP contribution in [0.5, 0.6) is 0 Å². The number of nitrogens with zero attached hydrogens (tertiary/aromatic N) is 2. The molecule has 2 unspecified atom stereocenters. The maximum atomic E-state index is 12.6. The van der Waals surface area contributed by atoms with E-state index in [2.05, 4.69) is 31.1 Å². The highest BCUT2D eigenvalue weighted by Crippen LogP contribution is 2.41. The number of rotatable bonds is 3. The molecule has 1 N–H and O–H groups in total. The summed E-state index contributed by atoms with van der Waals surface area (Å²) in [5.74, 6) is 0.897. The fourth-order valence-corrected chi connectivity index (χ4v) is 3.66. The van der Waals surface area contributed by atoms with Crippen LogP contribution in [0.25, 0.3) is 0 Å². The van der Waals surface area contributed by atoms with Crippen LogP contribution in [-0.2, 0) is 4.79 Å². The SMILES string of the molecule is CC1CC(C(=O)Nc2cc(C(=O)N(C)C)ccn2)CC(C)(C)C1. The van der Waals surface area contributed by atoms with Crippen molar-refractivity contribution in [1.29, 1.82) is 0 Å². The first-order valence-electron chi connectivity index (χ1n) is 8.16. The Balaban J connectivity index is 2.08. The summed E-state index contributed by atoms with van der Waals surface area (Å²) in [4.78, 5) is 30.2. The van der Waals surface area contributed by atoms with E-state index in [1.54, 1.807) is 32.4 Å². The first-order chi connectivity index (χ1) is 10.7. The molecule has 0 saturated heterocycles. The number of hydrogen-bond donors (Lipinski definition) is 1. The molecule has 1 saturated carbocycles. The van der Waals surface area contributed by atoms with Gasteiger partial charge in [-0.15, -0.1) is 0 Å². The zero-order valence-electron chi connectivity index (χ0n) is 14.7. The van der Waals surface area contributed by atoms with Crippen LogP contribution in [0.15, 0.2) is 18.3 Å². The smallest absolute Gasteiger partial charge is 0.253 e. The summed E-state index contributed by atoms with van der Waals surface area (Å²) in [5, 5.41) is 2.88. The van der Waals surface area contributed by atoms with Crippen LogP contribution in [-0.4, -0.2) is 35.8 Å². The maximum absolute atomic E-state index is 12.6. The van der Waals surface area contributed by atoms with Gasteiger partial charge in [-0.25, -0.2) is 4.98 Å². The lowest BCUT2D eigenvalue weighted by atomic mass is 9.68. The van der Waals surface area contributed by atoms with E-state index in [1.165, 1.54) is 4.90 Å². The quantitative estimate of drug-likeness (QED) is 0.931. The maximum Gasteiger partial charge on any atom is 0.253 e. The number of anilines is 1. The van der Waals surface area contributed by atoms with Crippen LogP contribution in [0, 0.1) is 17.3 Å². The predicted molar refractivity (Wildman–Crippen MR) is 91.2 cm³/mol. The molecule has 5 heteroatoms. The molecule has 126 valence electrons. The number of carbonyl (C=O) groups excluding carboxylic acids is 2. The Kier molecular flexibility index (Phi) is 5.07. The fraction of sp³-hybridized carbons (Fsp3) is 0.611. The molecule has 2 rings (SSSR count). The summed E-state index contributed by atoms with van der Waals surface area (Å²) in [6.45, 7) is 6.64. The molecule has 1 aliphatic carbocycles. The largest absolute Gasteiger partial charge is 0.345 e. The van der Waals surface area contributed by atoms with E-state index < -0.39 is 0 Å². The average Bonchev–Trinajstić information content (AvgIpc) is 2.44. The van der Waals surface area contributed by atoms with Gasteiger partial charge in [-0.05, 0) is 42.7 Å². The highest BCUT2D eigenvalue weighted by Gasteiger charge is 2.35. The topological polar surface area (TPSA) is 62.3 Å². The van der Waals surface area contributed by atoms with Crippen LogP contribution in [0.3, 0.4) is 0 Å². The molecule has 0 aromatic carbocycles. The Hall–Kier alpha value is -1.91. The Morgan fingerprint density at radius 3 is 2.61 bits per heavy atom. The monoisotopic (exact) mass is 317 g/mol. The van der Waals surface area contributed by atoms with Crippen molar-refractivity contribution in [3.8, 4) is 0 Å². The van der Waals surface area contributed by atoms with Crippen molar-refractivity contribution in [2.45, 2.75) is 40.0 Å². The molecule has 23 heavy (non-hydrogen) atoms. The molecule has 0 radical (unpaired) electrons. The second-order valence-electron chi connectivity index (χ2n) is 7.73. The Bertz CT molecular complexity index is 596. The zero-order chi connectivity index (χ0) is 17.2. The van der Waals surface area contributed by atoms with E-state index in [0.717, 1.165) is 19.3 Å². The van der Waals surface area contributed by atoms with Crippen molar-refractivity contribution in [2.75, 3.05) is 19.4 Å². The van der Waals surface area contributed by atoms with E-state index in [9.17, 15) is 9.59 Å². The normalized spacial score (nSPS) is 23.2. The van der Waals surface area contributed by atoms with Gasteiger partial charge in [0.1, 0.15) is 5.82 Å². The molecule has 2 amide bonds. The molecule has 0 bridgehead atoms. The van der Waals surface area contributed by atoms with E-state index >= 15 is 0 Å². The number of pyridine rings is 1. The zero-order valence-corrected chi connectivity index (χ0v) is 14.7. The third-order valence-corrected chi connectivity index (χ3v) is 4.42. The highest BCUT2D eigenvalue weighted by molar-refractivity contribution is 5.96. The Morgan fingerprint density at radius 1 is 1.30 bits per heavy atom. The van der Waals surface area contributed by atoms with Crippen LogP contribution in [0.2, 0.25) is 0 Å². The molecule has 1 aromatic heterocycles. The molecule has 0 aliphatic heterocycles. The van der Waals surface area contributed by atoms with Gasteiger partial charge in [-0.3, -0.25) is 9.59 Å². The van der Waals surface area contributed by atoms with Gasteiger partial charge >= 0.3 is 0 Å². The summed E-state index contributed by atoms with van der Waals surface area (Å²) in [6, 6.07) is 3.29. The van der Waals surface area contributed by atoms with Crippen LogP contribution in [0.4, 0.5) is 5.82 Å². The molecule has 1 aromatic rings. The van der Waals surface area contributed by atoms with Crippen LogP contribution >= 0.6 is 0 Å². The lowest BCUT2D eigenvalue weighted by Crippen LogP contribution is -2.35. The van der Waals surface area contributed by atoms with Gasteiger partial charge in [0.25, 0.3) is 5.91 Å². The van der Waals surface area contributed by atoms with Crippen LogP contribution < -0.4 is 5.32 Å². The number of carbonyl (C=O) groups is 2. The van der Waals surface area contributed by atoms with E-state index in [-0.39, 0.29) is 23.1 Å². The van der Waals surface area contributed by atoms with Crippen molar-refractivity contribution < 1.29 is 9.59 Å². The van der Waals surface area contributed by atoms with Crippen molar-refractivity contribution in [3.05, 3.63) is 23.9 Å². The van der Waals surface area contributed by atoms with Gasteiger partial charge in [-0.2, -0.15) is 0 Å². The molecule has 0 spiro atoms. The van der Waals surface area contributed by atoms with Gasteiger partial charge in [0.15, 0.2) is 0 Å². The van der Waals surface area contributed by atoms with Crippen molar-refractivity contribution in [1.82, 2.24) is 9.88 Å². The summed E-state index contributed by atoms with van der Waals surface area (Å²) >= 11 is 0. The van der Waals surface area contributed by atoms with Gasteiger partial charge in [0.05, 0.1) is 0 Å². The molecular formula is C18H27N3O2. The third kappa shape index (κ3) is 4.53. The lowest BCUT2D eigenvalue weighted by Gasteiger charge is -2.38. The predicted octanol–water partition coefficient (Wildman–Crippen LogP) is 3.18. The Labute approximate surface area is 138 Å². The first kappa shape index (κ1) is 17.4. The number of nitrogens with one attached hydrogen (secondary N) is 1. The summed E-state index contributed by atoms with van der Waals surface area (Å²) in [7, 11) is 3.40. The second-order valence-corrected chi connectivity index (χ2v) is 7.73. The lowest BCUT2D eigenvalue weighted by molar-refractivity contribution is -0.122. The first-order valence-corrected chi connectivity index (χ1v) is 8.16. The van der Waals surface area contributed by atoms with Gasteiger partial charge < -0.3 is 10.2 Å². The summed E-state index contributed by atoms with van der Waals surface area (Å²) in [5.41, 5.74) is 0.716. The molecule has 1 fully saturated rings. The number of aromatic nitrogens is 1. The van der Waals surface area contributed by atoms with E-state index in [0.29, 0.717) is 17.3 Å². The number of amides is 2. The second kappa shape index (κ2) is 6.69. The van der Waals surface area contributed by atoms with Crippen molar-refractivity contribution in [3.63, 3.8) is 0 Å². The minimum Gasteiger partial charge on any atom is -0.345 e. The minimum atomic E-state index is -0.102. The fourth-order valence-electron chi connectivity index (χ4n) is 3.66. The Morgan fingerprint density at radius 2 is 2.00 bits per heavy atom. The van der Waals surface area contributed by atoms with Gasteiger partial charge in [0.2, 0.25) is 5.91 Å². The molecular weight excluding hydrogens is 290 g/mol. The van der Waals surface area contributed by atoms with E-state index in [1.807, 2.05) is 0 Å². The molecule has 5 nitrogen and oxygen atoms in total. The highest BCUT2D eigenvalue weighted by atomic mass is 16.2. The number of hydrogen-bond acceptors (Lipinski definition) is 3. The molecule has 1 heterocycles. The third-order valence-electron chi connectivity index (χ3n) is 4.42.